The van der Waals surface area contributed by atoms with E-state index in [1.165, 1.54) is 18.3 Å². The molecule has 4 rings (SSSR count). The number of amides is 1. The normalized spacial score (nSPS) is 14.8. The molecule has 0 spiro atoms. The van der Waals surface area contributed by atoms with Crippen LogP contribution < -0.4 is 19.7 Å². The third kappa shape index (κ3) is 9.56. The molecular formula is C32H33ClF3N6O7S2+. The van der Waals surface area contributed by atoms with E-state index in [0.717, 1.165) is 5.52 Å². The van der Waals surface area contributed by atoms with Crippen molar-refractivity contribution in [2.24, 2.45) is 7.05 Å². The lowest BCUT2D eigenvalue weighted by atomic mass is 10.2. The van der Waals surface area contributed by atoms with Gasteiger partial charge < -0.3 is 15.1 Å². The maximum Gasteiger partial charge on any atom is 0.471 e. The molecule has 0 fully saturated rings. The van der Waals surface area contributed by atoms with Crippen molar-refractivity contribution in [2.75, 3.05) is 33.2 Å². The Labute approximate surface area is 297 Å². The first kappa shape index (κ1) is 39.1. The lowest BCUT2D eigenvalue weighted by Crippen LogP contribution is -2.31. The van der Waals surface area contributed by atoms with Gasteiger partial charge in [-0.3, -0.25) is 13.9 Å². The van der Waals surface area contributed by atoms with Crippen LogP contribution in [-0.4, -0.2) is 60.6 Å². The molecule has 0 saturated carbocycles. The zero-order valence-corrected chi connectivity index (χ0v) is 29.6. The number of benzene rings is 2. The van der Waals surface area contributed by atoms with E-state index in [1.807, 2.05) is 9.13 Å². The summed E-state index contributed by atoms with van der Waals surface area (Å²) in [6.07, 6.45) is 3.17. The molecule has 0 aliphatic carbocycles. The lowest BCUT2D eigenvalue weighted by Gasteiger charge is -2.23. The molecule has 19 heteroatoms. The van der Waals surface area contributed by atoms with Crippen molar-refractivity contribution in [3.63, 3.8) is 0 Å². The summed E-state index contributed by atoms with van der Waals surface area (Å²) >= 11 is 6.26. The number of halogens is 4. The van der Waals surface area contributed by atoms with Crippen LogP contribution in [0.25, 0.3) is 22.0 Å². The number of nitrogens with one attached hydrogen (secondary N) is 1. The van der Waals surface area contributed by atoms with Crippen LogP contribution in [0.2, 0.25) is 5.02 Å². The predicted molar refractivity (Wildman–Crippen MR) is 188 cm³/mol. The zero-order valence-electron chi connectivity index (χ0n) is 27.2. The molecule has 1 aliphatic heterocycles. The molecule has 1 amide bonds. The van der Waals surface area contributed by atoms with E-state index in [2.05, 4.69) is 11.4 Å². The highest BCUT2D eigenvalue weighted by atomic mass is 35.5. The Bertz CT molecular complexity index is 2240. The van der Waals surface area contributed by atoms with Crippen molar-refractivity contribution in [2.45, 2.75) is 32.5 Å². The number of imidazole rings is 1. The highest BCUT2D eigenvalue weighted by Crippen LogP contribution is 2.46. The van der Waals surface area contributed by atoms with Crippen LogP contribution in [0, 0.1) is 6.57 Å². The summed E-state index contributed by atoms with van der Waals surface area (Å²) in [4.78, 5) is 18.3. The average Bonchev–Trinajstić information content (AvgIpc) is 3.46. The number of rotatable bonds is 13. The third-order valence-corrected chi connectivity index (χ3v) is 9.67. The number of carbonyl (C=O) groups excluding carboxylic acids is 1. The number of aromatic nitrogens is 2. The third-order valence-electron chi connectivity index (χ3n) is 7.75. The predicted octanol–water partition coefficient (Wildman–Crippen LogP) is 6.00. The summed E-state index contributed by atoms with van der Waals surface area (Å²) in [6, 6.07) is 7.68. The van der Waals surface area contributed by atoms with Crippen molar-refractivity contribution in [3.05, 3.63) is 95.0 Å². The Morgan fingerprint density at radius 3 is 2.31 bits per heavy atom. The van der Waals surface area contributed by atoms with Gasteiger partial charge in [0, 0.05) is 25.2 Å². The minimum absolute atomic E-state index is 0.0218. The van der Waals surface area contributed by atoms with Crippen LogP contribution in [0.15, 0.2) is 72.7 Å². The van der Waals surface area contributed by atoms with Gasteiger partial charge in [-0.1, -0.05) is 42.0 Å². The summed E-state index contributed by atoms with van der Waals surface area (Å²) in [7, 11) is -6.73. The molecule has 3 aromatic rings. The first-order valence-corrected chi connectivity index (χ1v) is 18.6. The summed E-state index contributed by atoms with van der Waals surface area (Å²) in [5.41, 5.74) is 2.85. The summed E-state index contributed by atoms with van der Waals surface area (Å²) < 4.78 is 107. The summed E-state index contributed by atoms with van der Waals surface area (Å²) in [6.45, 7) is 13.2. The molecule has 0 atom stereocenters. The van der Waals surface area contributed by atoms with Gasteiger partial charge in [-0.15, -0.1) is 0 Å². The largest absolute Gasteiger partial charge is 0.471 e. The second-order valence-corrected chi connectivity index (χ2v) is 14.9. The topological polar surface area (TPSA) is 157 Å². The van der Waals surface area contributed by atoms with Crippen molar-refractivity contribution >= 4 is 77.6 Å². The summed E-state index contributed by atoms with van der Waals surface area (Å²) in [5.74, 6) is -2.25. The van der Waals surface area contributed by atoms with Gasteiger partial charge in [0.25, 0.3) is 26.1 Å². The molecule has 13 nitrogen and oxygen atoms in total. The first-order chi connectivity index (χ1) is 23.7. The lowest BCUT2D eigenvalue weighted by molar-refractivity contribution is -0.647. The Balaban J connectivity index is 1.74. The first-order valence-electron chi connectivity index (χ1n) is 15.0. The fourth-order valence-electron chi connectivity index (χ4n) is 5.45. The monoisotopic (exact) mass is 769 g/mol. The molecule has 0 unspecified atom stereocenters. The van der Waals surface area contributed by atoms with Crippen LogP contribution in [0.4, 0.5) is 35.9 Å². The van der Waals surface area contributed by atoms with Gasteiger partial charge in [-0.2, -0.15) is 30.0 Å². The zero-order chi connectivity index (χ0) is 37.9. The van der Waals surface area contributed by atoms with Gasteiger partial charge in [-0.25, -0.2) is 14.0 Å². The molecule has 272 valence electrons. The van der Waals surface area contributed by atoms with Gasteiger partial charge in [0.1, 0.15) is 5.82 Å². The number of alkyl halides is 3. The van der Waals surface area contributed by atoms with Gasteiger partial charge >= 0.3 is 12.1 Å². The highest BCUT2D eigenvalue weighted by molar-refractivity contribution is 7.86. The molecule has 0 radical (unpaired) electrons. The van der Waals surface area contributed by atoms with Crippen LogP contribution in [-0.2, 0) is 38.6 Å². The molecule has 51 heavy (non-hydrogen) atoms. The Morgan fingerprint density at radius 1 is 1.08 bits per heavy atom. The highest BCUT2D eigenvalue weighted by Gasteiger charge is 2.39. The molecule has 1 aromatic heterocycles. The molecule has 0 saturated heterocycles. The molecule has 2 aromatic carbocycles. The van der Waals surface area contributed by atoms with Crippen molar-refractivity contribution < 1.29 is 48.5 Å². The van der Waals surface area contributed by atoms with Crippen molar-refractivity contribution in [1.82, 2.24) is 4.57 Å². The molecule has 2 heterocycles. The van der Waals surface area contributed by atoms with Crippen LogP contribution in [0.3, 0.4) is 0 Å². The van der Waals surface area contributed by atoms with Crippen LogP contribution >= 0.6 is 11.6 Å². The molecule has 3 N–H and O–H groups in total. The van der Waals surface area contributed by atoms with Crippen molar-refractivity contribution in [1.29, 1.82) is 0 Å². The number of allylic oxidation sites excluding steroid dienone is 4. The Kier molecular flexibility index (Phi) is 11.7. The average molecular weight is 770 g/mol. The summed E-state index contributed by atoms with van der Waals surface area (Å²) in [5, 5.41) is 1.55. The van der Waals surface area contributed by atoms with Crippen LogP contribution in [0.5, 0.6) is 0 Å². The Morgan fingerprint density at radius 2 is 1.73 bits per heavy atom. The minimum Gasteiger partial charge on any atom is -0.326 e. The van der Waals surface area contributed by atoms with Gasteiger partial charge in [0.05, 0.1) is 53.8 Å². The van der Waals surface area contributed by atoms with Gasteiger partial charge in [-0.05, 0) is 43.7 Å². The van der Waals surface area contributed by atoms with Gasteiger partial charge in [0.15, 0.2) is 16.7 Å². The number of fused-ring (bicyclic) bond motifs is 2. The van der Waals surface area contributed by atoms with Crippen LogP contribution in [0.1, 0.15) is 25.6 Å². The molecular weight excluding hydrogens is 737 g/mol. The van der Waals surface area contributed by atoms with E-state index in [1.54, 1.807) is 71.6 Å². The quantitative estimate of drug-likeness (QED) is 0.0822. The Hall–Kier alpha value is -4.67. The standard InChI is InChI=1S/C32H32ClF3N6O7S2/c1-5-40-27-19-23(33)24(38-31(43)32(34,35)36)20-28(27)42(15-7-17-51(47,48)49)30(40)13-9-21(2)8-12-29-39(4)25-11-10-22(37-3)18-26(25)41(29)14-6-16-50(44,45)46/h5,8-13,18-20H,1,6-7,14-17H2,2,4H3,(H2-,38,43,44,45,46,47,48,49)/p+1. The number of carbonyl (C=O) groups is 1. The molecule has 1 aliphatic rings. The number of hydrogen-bond donors (Lipinski definition) is 3. The number of aryl methyl sites for hydroxylation is 2. The fourth-order valence-corrected chi connectivity index (χ4v) is 6.64. The van der Waals surface area contributed by atoms with Gasteiger partial charge in [0.2, 0.25) is 0 Å². The maximum atomic E-state index is 13.0. The smallest absolute Gasteiger partial charge is 0.326 e. The second-order valence-electron chi connectivity index (χ2n) is 11.4. The second kappa shape index (κ2) is 15.3. The minimum atomic E-state index is -5.18. The van der Waals surface area contributed by atoms with E-state index >= 15 is 0 Å². The van der Waals surface area contributed by atoms with E-state index < -0.39 is 43.8 Å². The number of nitrogens with zero attached hydrogens (tertiary/aromatic N) is 5. The molecule has 0 bridgehead atoms. The van der Waals surface area contributed by atoms with E-state index in [0.29, 0.717) is 34.1 Å². The van der Waals surface area contributed by atoms with Crippen molar-refractivity contribution in [3.8, 4) is 0 Å². The number of hydrogen-bond acceptors (Lipinski definition) is 7. The fraction of sp³-hybridized carbons (Fsp3) is 0.281. The van der Waals surface area contributed by atoms with E-state index in [4.69, 9.17) is 18.2 Å². The maximum absolute atomic E-state index is 13.0. The number of anilines is 3. The van der Waals surface area contributed by atoms with E-state index in [-0.39, 0.29) is 42.3 Å². The SMILES string of the molecule is [C-]#[N+]c1ccc2c(c1)n(CCCS(=O)(=O)O)c(/C=C/C(C)=C\C=C1/N(C=C)c3cc(Cl)c(NC(=O)C(F)(F)F)cc3N1CCCS(=O)(=O)O)[n+]2C. The van der Waals surface area contributed by atoms with E-state index in [9.17, 15) is 43.9 Å².